The summed E-state index contributed by atoms with van der Waals surface area (Å²) in [5.74, 6) is 2.39. The van der Waals surface area contributed by atoms with Gasteiger partial charge in [-0.15, -0.1) is 0 Å². The van der Waals surface area contributed by atoms with Gasteiger partial charge in [0.05, 0.1) is 12.8 Å². The van der Waals surface area contributed by atoms with E-state index < -0.39 is 0 Å². The zero-order valence-electron chi connectivity index (χ0n) is 13.9. The van der Waals surface area contributed by atoms with Crippen LogP contribution < -0.4 is 15.2 Å². The number of hydrogen-bond acceptors (Lipinski definition) is 5. The van der Waals surface area contributed by atoms with Crippen molar-refractivity contribution >= 4 is 11.8 Å². The molecule has 2 aliphatic carbocycles. The van der Waals surface area contributed by atoms with Crippen molar-refractivity contribution in [1.29, 1.82) is 0 Å². The molecule has 0 aromatic heterocycles. The molecule has 4 aliphatic rings. The highest BCUT2D eigenvalue weighted by molar-refractivity contribution is 5.81. The first-order valence-electron chi connectivity index (χ1n) is 8.14. The summed E-state index contributed by atoms with van der Waals surface area (Å²) in [5.41, 5.74) is 3.36. The van der Waals surface area contributed by atoms with Gasteiger partial charge < -0.3 is 24.2 Å². The van der Waals surface area contributed by atoms with E-state index in [1.165, 1.54) is 5.57 Å². The number of hydrogen-bond donors (Lipinski definition) is 1. The van der Waals surface area contributed by atoms with E-state index in [4.69, 9.17) is 14.2 Å². The van der Waals surface area contributed by atoms with Gasteiger partial charge in [0.25, 0.3) is 0 Å². The van der Waals surface area contributed by atoms with Crippen LogP contribution in [0.3, 0.4) is 0 Å². The molecule has 1 atom stereocenters. The third-order valence-corrected chi connectivity index (χ3v) is 5.01. The molecule has 1 saturated heterocycles. The third-order valence-electron chi connectivity index (χ3n) is 5.01. The number of rotatable bonds is 1. The number of aromatic hydroxyl groups is 1. The number of allylic oxidation sites excluding steroid dienone is 5. The van der Waals surface area contributed by atoms with Crippen molar-refractivity contribution in [3.05, 3.63) is 69.7 Å². The number of phenols is 1. The summed E-state index contributed by atoms with van der Waals surface area (Å²) < 4.78 is 16.3. The lowest BCUT2D eigenvalue weighted by Crippen LogP contribution is -2.38. The molecule has 0 radical (unpaired) electrons. The van der Waals surface area contributed by atoms with Crippen LogP contribution in [0.15, 0.2) is 59.2 Å². The Morgan fingerprint density at radius 1 is 1.24 bits per heavy atom. The molecule has 1 aromatic carbocycles. The summed E-state index contributed by atoms with van der Waals surface area (Å²) in [4.78, 5) is 2.05. The molecule has 5 rings (SSSR count). The molecule has 0 spiro atoms. The largest absolute Gasteiger partial charge is 0.504 e. The topological polar surface area (TPSA) is 51.2 Å². The second-order valence-corrected chi connectivity index (χ2v) is 6.37. The molecule has 25 heavy (non-hydrogen) atoms. The van der Waals surface area contributed by atoms with E-state index in [0.29, 0.717) is 5.75 Å². The Labute approximate surface area is 144 Å². The second-order valence-electron chi connectivity index (χ2n) is 6.37. The minimum atomic E-state index is 0.156. The quantitative estimate of drug-likeness (QED) is 0.842. The average molecular weight is 335 g/mol. The first-order valence-corrected chi connectivity index (χ1v) is 8.14. The Balaban J connectivity index is 1.80. The summed E-state index contributed by atoms with van der Waals surface area (Å²) in [6.07, 6.45) is 10.4. The highest BCUT2D eigenvalue weighted by Gasteiger charge is 2.31. The SMILES string of the molecule is COc1ccc2c(c1O)=CN(C)C1=C3C=C4OCOC4=CC3C=CC=21. The van der Waals surface area contributed by atoms with E-state index in [-0.39, 0.29) is 18.5 Å². The van der Waals surface area contributed by atoms with Crippen LogP contribution >= 0.6 is 0 Å². The van der Waals surface area contributed by atoms with E-state index in [1.807, 2.05) is 24.2 Å². The maximum atomic E-state index is 10.5. The molecule has 0 amide bonds. The van der Waals surface area contributed by atoms with Crippen molar-refractivity contribution in [3.8, 4) is 11.5 Å². The van der Waals surface area contributed by atoms with E-state index in [1.54, 1.807) is 13.2 Å². The Morgan fingerprint density at radius 3 is 2.92 bits per heavy atom. The Morgan fingerprint density at radius 2 is 2.08 bits per heavy atom. The van der Waals surface area contributed by atoms with Crippen LogP contribution in [0.1, 0.15) is 0 Å². The molecule has 1 N–H and O–H groups in total. The molecule has 2 heterocycles. The van der Waals surface area contributed by atoms with Crippen molar-refractivity contribution in [2.75, 3.05) is 21.0 Å². The predicted octanol–water partition coefficient (Wildman–Crippen LogP) is 1.46. The van der Waals surface area contributed by atoms with Crippen LogP contribution in [0.2, 0.25) is 0 Å². The molecule has 1 unspecified atom stereocenters. The lowest BCUT2D eigenvalue weighted by Gasteiger charge is -2.32. The molecular formula is C20H17NO4. The summed E-state index contributed by atoms with van der Waals surface area (Å²) in [7, 11) is 3.55. The van der Waals surface area contributed by atoms with Gasteiger partial charge in [-0.3, -0.25) is 0 Å². The van der Waals surface area contributed by atoms with Crippen molar-refractivity contribution < 1.29 is 19.3 Å². The Hall–Kier alpha value is -3.08. The van der Waals surface area contributed by atoms with Gasteiger partial charge in [0.15, 0.2) is 23.0 Å². The number of methoxy groups -OCH3 is 1. The third kappa shape index (κ3) is 1.89. The van der Waals surface area contributed by atoms with Gasteiger partial charge in [-0.25, -0.2) is 0 Å². The molecule has 0 saturated carbocycles. The second kappa shape index (κ2) is 4.96. The van der Waals surface area contributed by atoms with Gasteiger partial charge in [-0.05, 0) is 35.1 Å². The summed E-state index contributed by atoms with van der Waals surface area (Å²) >= 11 is 0. The minimum Gasteiger partial charge on any atom is -0.504 e. The fourth-order valence-corrected chi connectivity index (χ4v) is 3.84. The maximum Gasteiger partial charge on any atom is 0.231 e. The molecule has 5 nitrogen and oxygen atoms in total. The monoisotopic (exact) mass is 335 g/mol. The number of benzene rings is 1. The lowest BCUT2D eigenvalue weighted by atomic mass is 9.83. The van der Waals surface area contributed by atoms with Gasteiger partial charge in [0.2, 0.25) is 6.79 Å². The number of phenolic OH excluding ortho intramolecular Hbond substituents is 1. The first kappa shape index (κ1) is 14.3. The predicted molar refractivity (Wildman–Crippen MR) is 92.4 cm³/mol. The van der Waals surface area contributed by atoms with Crippen LogP contribution in [0.5, 0.6) is 11.5 Å². The Kier molecular flexibility index (Phi) is 2.83. The standard InChI is InChI=1S/C20H17NO4/c1-21-9-15-12(5-6-16(23-2)20(15)22)13-4-3-11-7-17-18(25-10-24-17)8-14(11)19(13)21/h3-9,11,22H,10H2,1-2H3. The number of ether oxygens (including phenoxy) is 3. The number of fused-ring (bicyclic) bond motifs is 4. The maximum absolute atomic E-state index is 10.5. The summed E-state index contributed by atoms with van der Waals surface area (Å²) in [6, 6.07) is 3.79. The number of nitrogens with zero attached hydrogens (tertiary/aromatic N) is 1. The zero-order chi connectivity index (χ0) is 17.1. The lowest BCUT2D eigenvalue weighted by molar-refractivity contribution is 0.0977. The molecule has 0 bridgehead atoms. The van der Waals surface area contributed by atoms with Crippen molar-refractivity contribution in [2.45, 2.75) is 0 Å². The van der Waals surface area contributed by atoms with Gasteiger partial charge in [-0.1, -0.05) is 12.2 Å². The molecule has 126 valence electrons. The van der Waals surface area contributed by atoms with Crippen molar-refractivity contribution in [3.63, 3.8) is 0 Å². The average Bonchev–Trinajstić information content (AvgIpc) is 3.07. The van der Waals surface area contributed by atoms with Gasteiger partial charge in [-0.2, -0.15) is 0 Å². The molecule has 2 aliphatic heterocycles. The minimum absolute atomic E-state index is 0.156. The molecule has 1 aromatic rings. The molecular weight excluding hydrogens is 318 g/mol. The summed E-state index contributed by atoms with van der Waals surface area (Å²) in [6.45, 7) is 0.270. The fraction of sp³-hybridized carbons (Fsp3) is 0.200. The highest BCUT2D eigenvalue weighted by Crippen LogP contribution is 2.40. The van der Waals surface area contributed by atoms with Crippen LogP contribution in [0.25, 0.3) is 11.8 Å². The van der Waals surface area contributed by atoms with E-state index >= 15 is 0 Å². The van der Waals surface area contributed by atoms with Crippen LogP contribution in [0, 0.1) is 5.92 Å². The highest BCUT2D eigenvalue weighted by atomic mass is 16.7. The van der Waals surface area contributed by atoms with Crippen LogP contribution in [0.4, 0.5) is 0 Å². The Bertz CT molecular complexity index is 1040. The van der Waals surface area contributed by atoms with E-state index in [0.717, 1.165) is 33.2 Å². The molecule has 1 fully saturated rings. The van der Waals surface area contributed by atoms with Crippen molar-refractivity contribution in [1.82, 2.24) is 4.90 Å². The normalized spacial score (nSPS) is 22.6. The van der Waals surface area contributed by atoms with Gasteiger partial charge in [0.1, 0.15) is 0 Å². The van der Waals surface area contributed by atoms with Crippen LogP contribution in [-0.4, -0.2) is 31.0 Å². The summed E-state index contributed by atoms with van der Waals surface area (Å²) in [5, 5.41) is 12.3. The van der Waals surface area contributed by atoms with E-state index in [2.05, 4.69) is 24.3 Å². The van der Waals surface area contributed by atoms with Crippen LogP contribution in [-0.2, 0) is 9.47 Å². The van der Waals surface area contributed by atoms with Crippen molar-refractivity contribution in [2.24, 2.45) is 5.92 Å². The molecule has 5 heteroatoms. The van der Waals surface area contributed by atoms with Gasteiger partial charge >= 0.3 is 0 Å². The van der Waals surface area contributed by atoms with E-state index in [9.17, 15) is 5.11 Å². The zero-order valence-corrected chi connectivity index (χ0v) is 13.9. The van der Waals surface area contributed by atoms with Gasteiger partial charge in [0, 0.05) is 30.0 Å². The fourth-order valence-electron chi connectivity index (χ4n) is 3.84. The smallest absolute Gasteiger partial charge is 0.231 e. The first-order chi connectivity index (χ1) is 12.2.